The molecule has 19 heavy (non-hydrogen) atoms. The molecule has 4 nitrogen and oxygen atoms in total. The minimum absolute atomic E-state index is 0.0847. The maximum atomic E-state index is 5.63. The quantitative estimate of drug-likeness (QED) is 0.830. The van der Waals surface area contributed by atoms with Crippen LogP contribution in [0.1, 0.15) is 37.4 Å². The van der Waals surface area contributed by atoms with Crippen LogP contribution in [-0.2, 0) is 0 Å². The molecule has 0 bridgehead atoms. The highest BCUT2D eigenvalue weighted by molar-refractivity contribution is 5.32. The van der Waals surface area contributed by atoms with Crippen LogP contribution in [0.4, 0.5) is 0 Å². The van der Waals surface area contributed by atoms with E-state index in [-0.39, 0.29) is 6.04 Å². The molecule has 0 fully saturated rings. The van der Waals surface area contributed by atoms with Gasteiger partial charge in [-0.3, -0.25) is 4.98 Å². The lowest BCUT2D eigenvalue weighted by atomic mass is 10.0. The Morgan fingerprint density at radius 1 is 1.32 bits per heavy atom. The van der Waals surface area contributed by atoms with Crippen molar-refractivity contribution in [2.24, 2.45) is 0 Å². The van der Waals surface area contributed by atoms with E-state index in [1.165, 1.54) is 0 Å². The van der Waals surface area contributed by atoms with Crippen LogP contribution in [0.3, 0.4) is 0 Å². The smallest absolute Gasteiger partial charge is 0.137 e. The largest absolute Gasteiger partial charge is 0.492 e. The first-order chi connectivity index (χ1) is 9.35. The van der Waals surface area contributed by atoms with Crippen molar-refractivity contribution in [3.05, 3.63) is 48.2 Å². The second-order valence-corrected chi connectivity index (χ2v) is 4.35. The summed E-state index contributed by atoms with van der Waals surface area (Å²) in [6.45, 7) is 5.75. The highest BCUT2D eigenvalue weighted by Crippen LogP contribution is 2.24. The van der Waals surface area contributed by atoms with E-state index in [1.807, 2.05) is 18.3 Å². The van der Waals surface area contributed by atoms with E-state index in [1.54, 1.807) is 18.7 Å². The van der Waals surface area contributed by atoms with Crippen molar-refractivity contribution >= 4 is 0 Å². The minimum atomic E-state index is 0.0847. The zero-order valence-corrected chi connectivity index (χ0v) is 11.4. The van der Waals surface area contributed by atoms with E-state index in [0.717, 1.165) is 29.8 Å². The third-order valence-corrected chi connectivity index (χ3v) is 2.83. The van der Waals surface area contributed by atoms with E-state index < -0.39 is 0 Å². The van der Waals surface area contributed by atoms with Crippen molar-refractivity contribution in [1.29, 1.82) is 0 Å². The normalized spacial score (nSPS) is 12.3. The van der Waals surface area contributed by atoms with Crippen LogP contribution in [0, 0.1) is 0 Å². The van der Waals surface area contributed by atoms with E-state index in [2.05, 4.69) is 24.1 Å². The molecule has 2 heterocycles. The SMILES string of the molecule is CCCOc1cncc(C(NCC)c2ccoc2)c1. The van der Waals surface area contributed by atoms with Crippen LogP contribution in [0.25, 0.3) is 0 Å². The van der Waals surface area contributed by atoms with Crippen molar-refractivity contribution in [3.63, 3.8) is 0 Å². The number of nitrogens with zero attached hydrogens (tertiary/aromatic N) is 1. The van der Waals surface area contributed by atoms with Gasteiger partial charge in [0.25, 0.3) is 0 Å². The van der Waals surface area contributed by atoms with Crippen molar-refractivity contribution in [2.45, 2.75) is 26.3 Å². The second kappa shape index (κ2) is 6.95. The van der Waals surface area contributed by atoms with Crippen molar-refractivity contribution in [2.75, 3.05) is 13.2 Å². The van der Waals surface area contributed by atoms with Crippen molar-refractivity contribution < 1.29 is 9.15 Å². The summed E-state index contributed by atoms with van der Waals surface area (Å²) >= 11 is 0. The summed E-state index contributed by atoms with van der Waals surface area (Å²) in [5.41, 5.74) is 2.17. The van der Waals surface area contributed by atoms with Gasteiger partial charge < -0.3 is 14.5 Å². The molecule has 0 radical (unpaired) electrons. The number of aromatic nitrogens is 1. The summed E-state index contributed by atoms with van der Waals surface area (Å²) in [7, 11) is 0. The fourth-order valence-electron chi connectivity index (χ4n) is 1.96. The van der Waals surface area contributed by atoms with Crippen molar-refractivity contribution in [1.82, 2.24) is 10.3 Å². The summed E-state index contributed by atoms with van der Waals surface area (Å²) in [6.07, 6.45) is 8.04. The predicted octanol–water partition coefficient (Wildman–Crippen LogP) is 3.16. The molecule has 0 aliphatic rings. The van der Waals surface area contributed by atoms with Crippen LogP contribution in [0.2, 0.25) is 0 Å². The van der Waals surface area contributed by atoms with Gasteiger partial charge in [0, 0.05) is 11.8 Å². The van der Waals surface area contributed by atoms with Gasteiger partial charge in [0.2, 0.25) is 0 Å². The van der Waals surface area contributed by atoms with Crippen LogP contribution >= 0.6 is 0 Å². The summed E-state index contributed by atoms with van der Waals surface area (Å²) < 4.78 is 10.8. The third kappa shape index (κ3) is 3.58. The molecule has 0 aromatic carbocycles. The van der Waals surface area contributed by atoms with Gasteiger partial charge in [-0.25, -0.2) is 0 Å². The Morgan fingerprint density at radius 2 is 2.21 bits per heavy atom. The predicted molar refractivity (Wildman–Crippen MR) is 74.3 cm³/mol. The molecule has 0 aliphatic heterocycles. The topological polar surface area (TPSA) is 47.3 Å². The van der Waals surface area contributed by atoms with Gasteiger partial charge in [-0.15, -0.1) is 0 Å². The molecule has 2 rings (SSSR count). The van der Waals surface area contributed by atoms with Crippen LogP contribution < -0.4 is 10.1 Å². The average molecular weight is 260 g/mol. The molecule has 0 spiro atoms. The number of hydrogen-bond acceptors (Lipinski definition) is 4. The molecule has 1 unspecified atom stereocenters. The monoisotopic (exact) mass is 260 g/mol. The Hall–Kier alpha value is -1.81. The van der Waals surface area contributed by atoms with Gasteiger partial charge in [0.1, 0.15) is 5.75 Å². The molecule has 4 heteroatoms. The van der Waals surface area contributed by atoms with Gasteiger partial charge in [-0.1, -0.05) is 13.8 Å². The standard InChI is InChI=1S/C15H20N2O2/c1-3-6-19-14-8-13(9-16-10-14)15(17-4-2)12-5-7-18-11-12/h5,7-11,15,17H,3-4,6H2,1-2H3. The number of ether oxygens (including phenoxy) is 1. The number of rotatable bonds is 7. The van der Waals surface area contributed by atoms with Crippen LogP contribution in [-0.4, -0.2) is 18.1 Å². The summed E-state index contributed by atoms with van der Waals surface area (Å²) in [6, 6.07) is 4.08. The number of hydrogen-bond donors (Lipinski definition) is 1. The molecular weight excluding hydrogens is 240 g/mol. The Bertz CT molecular complexity index is 483. The Balaban J connectivity index is 2.21. The lowest BCUT2D eigenvalue weighted by Gasteiger charge is -2.17. The fourth-order valence-corrected chi connectivity index (χ4v) is 1.96. The molecule has 0 aliphatic carbocycles. The zero-order chi connectivity index (χ0) is 13.5. The van der Waals surface area contributed by atoms with Gasteiger partial charge in [0.05, 0.1) is 31.4 Å². The summed E-state index contributed by atoms with van der Waals surface area (Å²) in [5.74, 6) is 0.811. The summed E-state index contributed by atoms with van der Waals surface area (Å²) in [5, 5.41) is 3.43. The molecular formula is C15H20N2O2. The maximum absolute atomic E-state index is 5.63. The molecule has 1 N–H and O–H groups in total. The molecule has 2 aromatic rings. The first-order valence-electron chi connectivity index (χ1n) is 6.68. The first-order valence-corrected chi connectivity index (χ1v) is 6.68. The highest BCUT2D eigenvalue weighted by Gasteiger charge is 2.15. The summed E-state index contributed by atoms with van der Waals surface area (Å²) in [4.78, 5) is 4.25. The van der Waals surface area contributed by atoms with E-state index in [0.29, 0.717) is 6.61 Å². The molecule has 1 atom stereocenters. The molecule has 0 amide bonds. The Kier molecular flexibility index (Phi) is 4.98. The molecule has 0 saturated heterocycles. The molecule has 2 aromatic heterocycles. The van der Waals surface area contributed by atoms with E-state index in [4.69, 9.17) is 9.15 Å². The molecule has 0 saturated carbocycles. The van der Waals surface area contributed by atoms with Gasteiger partial charge in [-0.05, 0) is 30.7 Å². The van der Waals surface area contributed by atoms with E-state index >= 15 is 0 Å². The number of pyridine rings is 1. The van der Waals surface area contributed by atoms with Crippen molar-refractivity contribution in [3.8, 4) is 5.75 Å². The second-order valence-electron chi connectivity index (χ2n) is 4.35. The van der Waals surface area contributed by atoms with Gasteiger partial charge >= 0.3 is 0 Å². The van der Waals surface area contributed by atoms with Gasteiger partial charge in [0.15, 0.2) is 0 Å². The third-order valence-electron chi connectivity index (χ3n) is 2.83. The van der Waals surface area contributed by atoms with Crippen LogP contribution in [0.15, 0.2) is 41.5 Å². The lowest BCUT2D eigenvalue weighted by molar-refractivity contribution is 0.315. The van der Waals surface area contributed by atoms with Crippen LogP contribution in [0.5, 0.6) is 5.75 Å². The minimum Gasteiger partial charge on any atom is -0.492 e. The van der Waals surface area contributed by atoms with Gasteiger partial charge in [-0.2, -0.15) is 0 Å². The average Bonchev–Trinajstić information content (AvgIpc) is 2.96. The Labute approximate surface area is 113 Å². The number of furan rings is 1. The first kappa shape index (κ1) is 13.6. The number of nitrogens with one attached hydrogen (secondary N) is 1. The fraction of sp³-hybridized carbons (Fsp3) is 0.400. The highest BCUT2D eigenvalue weighted by atomic mass is 16.5. The Morgan fingerprint density at radius 3 is 2.89 bits per heavy atom. The maximum Gasteiger partial charge on any atom is 0.137 e. The lowest BCUT2D eigenvalue weighted by Crippen LogP contribution is -2.21. The van der Waals surface area contributed by atoms with E-state index in [9.17, 15) is 0 Å². The zero-order valence-electron chi connectivity index (χ0n) is 11.4. The molecule has 102 valence electrons.